The van der Waals surface area contributed by atoms with Gasteiger partial charge in [0.1, 0.15) is 11.2 Å². The van der Waals surface area contributed by atoms with Gasteiger partial charge in [-0.25, -0.2) is 9.59 Å². The number of hydrogen-bond donors (Lipinski definition) is 1. The third-order valence-corrected chi connectivity index (χ3v) is 5.31. The van der Waals surface area contributed by atoms with Crippen molar-refractivity contribution in [3.8, 4) is 0 Å². The first kappa shape index (κ1) is 24.9. The highest BCUT2D eigenvalue weighted by Crippen LogP contribution is 2.22. The van der Waals surface area contributed by atoms with E-state index in [1.165, 1.54) is 5.56 Å². The van der Waals surface area contributed by atoms with Crippen LogP contribution in [0.25, 0.3) is 0 Å². The Hall–Kier alpha value is -2.34. The summed E-state index contributed by atoms with van der Waals surface area (Å²) in [5.74, 6) is -0.385. The summed E-state index contributed by atoms with van der Waals surface area (Å²) in [6.45, 7) is 9.60. The maximum absolute atomic E-state index is 12.3. The van der Waals surface area contributed by atoms with Crippen LogP contribution in [0.15, 0.2) is 53.0 Å². The molecule has 6 heteroatoms. The molecule has 0 bridgehead atoms. The van der Waals surface area contributed by atoms with Crippen LogP contribution in [0.4, 0.5) is 4.79 Å². The zero-order valence-electron chi connectivity index (χ0n) is 19.0. The number of rotatable bonds is 8. The number of amides is 1. The summed E-state index contributed by atoms with van der Waals surface area (Å²) in [5.41, 5.74) is 1.46. The number of carbonyl (C=O) groups is 2. The lowest BCUT2D eigenvalue weighted by Crippen LogP contribution is -2.34. The predicted octanol–water partition coefficient (Wildman–Crippen LogP) is 6.43. The molecule has 0 spiro atoms. The lowest BCUT2D eigenvalue weighted by molar-refractivity contribution is 0.00688. The lowest BCUT2D eigenvalue weighted by atomic mass is 9.99. The van der Waals surface area contributed by atoms with Crippen molar-refractivity contribution in [3.63, 3.8) is 0 Å². The highest BCUT2D eigenvalue weighted by atomic mass is 79.9. The molecule has 0 saturated carbocycles. The van der Waals surface area contributed by atoms with Crippen LogP contribution >= 0.6 is 15.9 Å². The molecule has 0 saturated heterocycles. The van der Waals surface area contributed by atoms with E-state index in [0.717, 1.165) is 29.3 Å². The molecule has 0 heterocycles. The molecular weight excluding hydrogens is 458 g/mol. The molecule has 168 valence electrons. The minimum Gasteiger partial charge on any atom is -0.456 e. The van der Waals surface area contributed by atoms with E-state index in [0.29, 0.717) is 5.56 Å². The highest BCUT2D eigenvalue weighted by molar-refractivity contribution is 9.10. The molecule has 31 heavy (non-hydrogen) atoms. The Bertz CT molecular complexity index is 888. The molecule has 2 rings (SSSR count). The highest BCUT2D eigenvalue weighted by Gasteiger charge is 2.23. The molecule has 1 amide bonds. The molecular formula is C25H32BrNO4. The van der Waals surface area contributed by atoms with Gasteiger partial charge in [0, 0.05) is 11.0 Å². The molecule has 0 fully saturated rings. The molecule has 1 N–H and O–H groups in total. The van der Waals surface area contributed by atoms with E-state index in [4.69, 9.17) is 9.47 Å². The molecule has 0 radical (unpaired) electrons. The average molecular weight is 490 g/mol. The minimum absolute atomic E-state index is 0.286. The first-order valence-electron chi connectivity index (χ1n) is 10.5. The zero-order valence-corrected chi connectivity index (χ0v) is 20.5. The summed E-state index contributed by atoms with van der Waals surface area (Å²) in [4.78, 5) is 24.5. The van der Waals surface area contributed by atoms with Crippen LogP contribution in [-0.2, 0) is 22.4 Å². The van der Waals surface area contributed by atoms with Crippen LogP contribution in [0.3, 0.4) is 0 Å². The third-order valence-electron chi connectivity index (χ3n) is 4.57. The molecule has 0 aliphatic rings. The van der Waals surface area contributed by atoms with Crippen molar-refractivity contribution in [3.05, 3.63) is 69.7 Å². The summed E-state index contributed by atoms with van der Waals surface area (Å²) >= 11 is 3.46. The van der Waals surface area contributed by atoms with E-state index >= 15 is 0 Å². The van der Waals surface area contributed by atoms with Gasteiger partial charge >= 0.3 is 12.1 Å². The summed E-state index contributed by atoms with van der Waals surface area (Å²) in [6, 6.07) is 15.4. The second-order valence-corrected chi connectivity index (χ2v) is 10.0. The normalized spacial score (nSPS) is 11.7. The van der Waals surface area contributed by atoms with Gasteiger partial charge in [-0.15, -0.1) is 0 Å². The Kier molecular flexibility index (Phi) is 8.69. The van der Waals surface area contributed by atoms with Crippen LogP contribution in [0, 0.1) is 0 Å². The quantitative estimate of drug-likeness (QED) is 0.433. The van der Waals surface area contributed by atoms with Crippen LogP contribution < -0.4 is 5.32 Å². The molecule has 0 aromatic heterocycles. The van der Waals surface area contributed by atoms with E-state index in [-0.39, 0.29) is 12.5 Å². The first-order valence-corrected chi connectivity index (χ1v) is 11.3. The fourth-order valence-corrected chi connectivity index (χ4v) is 3.54. The van der Waals surface area contributed by atoms with Crippen molar-refractivity contribution >= 4 is 28.0 Å². The SMILES string of the molecule is CC(C)(C)OC(=O)c1ccc(CNC(=O)OC(C)(C)CCCc2ccccc2)c(Br)c1. The molecule has 2 aromatic rings. The van der Waals surface area contributed by atoms with Gasteiger partial charge in [-0.2, -0.15) is 0 Å². The summed E-state index contributed by atoms with van der Waals surface area (Å²) < 4.78 is 11.7. The van der Waals surface area contributed by atoms with Gasteiger partial charge in [-0.3, -0.25) is 0 Å². The fourth-order valence-electron chi connectivity index (χ4n) is 3.02. The van der Waals surface area contributed by atoms with Gasteiger partial charge in [0.2, 0.25) is 0 Å². The number of nitrogens with one attached hydrogen (secondary N) is 1. The van der Waals surface area contributed by atoms with Crippen LogP contribution in [0.2, 0.25) is 0 Å². The Labute approximate surface area is 193 Å². The van der Waals surface area contributed by atoms with Crippen molar-refractivity contribution in [2.75, 3.05) is 0 Å². The topological polar surface area (TPSA) is 64.6 Å². The van der Waals surface area contributed by atoms with E-state index in [1.807, 2.05) is 52.8 Å². The number of benzene rings is 2. The average Bonchev–Trinajstić information content (AvgIpc) is 2.66. The van der Waals surface area contributed by atoms with Crippen molar-refractivity contribution in [2.24, 2.45) is 0 Å². The van der Waals surface area contributed by atoms with Crippen molar-refractivity contribution in [1.29, 1.82) is 0 Å². The molecule has 0 aliphatic heterocycles. The van der Waals surface area contributed by atoms with E-state index in [2.05, 4.69) is 33.4 Å². The van der Waals surface area contributed by atoms with Crippen molar-refractivity contribution in [1.82, 2.24) is 5.32 Å². The number of esters is 1. The molecule has 5 nitrogen and oxygen atoms in total. The lowest BCUT2D eigenvalue weighted by Gasteiger charge is -2.25. The van der Waals surface area contributed by atoms with Gasteiger partial charge in [0.15, 0.2) is 0 Å². The Balaban J connectivity index is 1.82. The Morgan fingerprint density at radius 3 is 2.26 bits per heavy atom. The minimum atomic E-state index is -0.559. The molecule has 0 atom stereocenters. The molecule has 2 aromatic carbocycles. The van der Waals surface area contributed by atoms with Crippen molar-refractivity contribution in [2.45, 2.75) is 71.6 Å². The smallest absolute Gasteiger partial charge is 0.407 e. The van der Waals surface area contributed by atoms with Crippen LogP contribution in [0.1, 0.15) is 68.9 Å². The maximum Gasteiger partial charge on any atom is 0.407 e. The molecule has 0 aliphatic carbocycles. The molecule has 0 unspecified atom stereocenters. The number of halogens is 1. The van der Waals surface area contributed by atoms with Gasteiger partial charge in [-0.05, 0) is 77.1 Å². The first-order chi connectivity index (χ1) is 14.5. The predicted molar refractivity (Wildman–Crippen MR) is 126 cm³/mol. The fraction of sp³-hybridized carbons (Fsp3) is 0.440. The Morgan fingerprint density at radius 2 is 1.65 bits per heavy atom. The van der Waals surface area contributed by atoms with Gasteiger partial charge < -0.3 is 14.8 Å². The largest absolute Gasteiger partial charge is 0.456 e. The zero-order chi connectivity index (χ0) is 23.1. The number of alkyl carbamates (subject to hydrolysis) is 1. The van der Waals surface area contributed by atoms with Crippen LogP contribution in [-0.4, -0.2) is 23.3 Å². The van der Waals surface area contributed by atoms with E-state index in [1.54, 1.807) is 18.2 Å². The number of aryl methyl sites for hydroxylation is 1. The Morgan fingerprint density at radius 1 is 0.968 bits per heavy atom. The summed E-state index contributed by atoms with van der Waals surface area (Å²) in [7, 11) is 0. The van der Waals surface area contributed by atoms with Gasteiger partial charge in [-0.1, -0.05) is 52.3 Å². The summed E-state index contributed by atoms with van der Waals surface area (Å²) in [5, 5.41) is 2.78. The summed E-state index contributed by atoms with van der Waals surface area (Å²) in [6.07, 6.45) is 2.19. The van der Waals surface area contributed by atoms with Crippen LogP contribution in [0.5, 0.6) is 0 Å². The monoisotopic (exact) mass is 489 g/mol. The number of hydrogen-bond acceptors (Lipinski definition) is 4. The van der Waals surface area contributed by atoms with Crippen molar-refractivity contribution < 1.29 is 19.1 Å². The standard InChI is InChI=1S/C25H32BrNO4/c1-24(2,3)30-22(28)19-13-14-20(21(26)16-19)17-27-23(29)31-25(4,5)15-9-12-18-10-7-6-8-11-18/h6-8,10-11,13-14,16H,9,12,15,17H2,1-5H3,(H,27,29). The van der Waals surface area contributed by atoms with Gasteiger partial charge in [0.05, 0.1) is 5.56 Å². The number of carbonyl (C=O) groups excluding carboxylic acids is 2. The number of ether oxygens (including phenoxy) is 2. The van der Waals surface area contributed by atoms with E-state index in [9.17, 15) is 9.59 Å². The second kappa shape index (κ2) is 10.8. The van der Waals surface area contributed by atoms with E-state index < -0.39 is 17.3 Å². The van der Waals surface area contributed by atoms with Gasteiger partial charge in [0.25, 0.3) is 0 Å². The third kappa shape index (κ3) is 9.13. The second-order valence-electron chi connectivity index (χ2n) is 9.15. The maximum atomic E-state index is 12.3.